The van der Waals surface area contributed by atoms with Crippen LogP contribution in [0.25, 0.3) is 0 Å². The Hall–Kier alpha value is -1.23. The SMILES string of the molecule is CCCCOc1c(Br)cc(CNCc2ccccc2)cc1OC.Cl. The zero-order valence-corrected chi connectivity index (χ0v) is 16.6. The normalized spacial score (nSPS) is 10.1. The van der Waals surface area contributed by atoms with Gasteiger partial charge in [-0.1, -0.05) is 43.7 Å². The third-order valence-electron chi connectivity index (χ3n) is 3.53. The fraction of sp³-hybridized carbons (Fsp3) is 0.368. The Morgan fingerprint density at radius 1 is 1.04 bits per heavy atom. The number of unbranched alkanes of at least 4 members (excludes halogenated alkanes) is 1. The summed E-state index contributed by atoms with van der Waals surface area (Å²) in [6.45, 7) is 4.48. The van der Waals surface area contributed by atoms with Crippen molar-refractivity contribution < 1.29 is 9.47 Å². The summed E-state index contributed by atoms with van der Waals surface area (Å²) in [4.78, 5) is 0. The molecule has 132 valence electrons. The molecule has 2 aromatic rings. The second-order valence-corrected chi connectivity index (χ2v) is 6.25. The number of methoxy groups -OCH3 is 1. The van der Waals surface area contributed by atoms with E-state index in [0.717, 1.165) is 47.5 Å². The van der Waals surface area contributed by atoms with Crippen LogP contribution in [0, 0.1) is 0 Å². The highest BCUT2D eigenvalue weighted by Gasteiger charge is 2.11. The van der Waals surface area contributed by atoms with Crippen molar-refractivity contribution in [1.29, 1.82) is 0 Å². The van der Waals surface area contributed by atoms with Crippen molar-refractivity contribution in [3.05, 3.63) is 58.1 Å². The summed E-state index contributed by atoms with van der Waals surface area (Å²) in [5, 5.41) is 3.45. The Balaban J connectivity index is 0.00000288. The Morgan fingerprint density at radius 2 is 1.75 bits per heavy atom. The standard InChI is InChI=1S/C19H24BrNO2.ClH/c1-3-4-10-23-19-17(20)11-16(12-18(19)22-2)14-21-13-15-8-6-5-7-9-15;/h5-9,11-12,21H,3-4,10,13-14H2,1-2H3;1H. The van der Waals surface area contributed by atoms with E-state index in [0.29, 0.717) is 6.61 Å². The van der Waals surface area contributed by atoms with E-state index in [-0.39, 0.29) is 12.4 Å². The van der Waals surface area contributed by atoms with E-state index in [4.69, 9.17) is 9.47 Å². The minimum Gasteiger partial charge on any atom is -0.493 e. The van der Waals surface area contributed by atoms with Crippen LogP contribution in [-0.4, -0.2) is 13.7 Å². The van der Waals surface area contributed by atoms with Gasteiger partial charge < -0.3 is 14.8 Å². The lowest BCUT2D eigenvalue weighted by molar-refractivity contribution is 0.286. The van der Waals surface area contributed by atoms with Gasteiger partial charge in [-0.15, -0.1) is 12.4 Å². The number of benzene rings is 2. The van der Waals surface area contributed by atoms with Gasteiger partial charge in [0.2, 0.25) is 0 Å². The van der Waals surface area contributed by atoms with E-state index in [1.165, 1.54) is 5.56 Å². The molecule has 2 aromatic carbocycles. The van der Waals surface area contributed by atoms with E-state index >= 15 is 0 Å². The van der Waals surface area contributed by atoms with Crippen molar-refractivity contribution in [2.24, 2.45) is 0 Å². The van der Waals surface area contributed by atoms with Gasteiger partial charge in [0.15, 0.2) is 11.5 Å². The number of rotatable bonds is 9. The average Bonchev–Trinajstić information content (AvgIpc) is 2.57. The monoisotopic (exact) mass is 413 g/mol. The van der Waals surface area contributed by atoms with E-state index < -0.39 is 0 Å². The third-order valence-corrected chi connectivity index (χ3v) is 4.12. The number of hydrogen-bond donors (Lipinski definition) is 1. The van der Waals surface area contributed by atoms with Crippen molar-refractivity contribution in [2.75, 3.05) is 13.7 Å². The number of ether oxygens (including phenoxy) is 2. The summed E-state index contributed by atoms with van der Waals surface area (Å²) in [6, 6.07) is 14.5. The second-order valence-electron chi connectivity index (χ2n) is 5.40. The van der Waals surface area contributed by atoms with E-state index in [9.17, 15) is 0 Å². The first kappa shape index (κ1) is 20.8. The fourth-order valence-electron chi connectivity index (χ4n) is 2.28. The van der Waals surface area contributed by atoms with Crippen LogP contribution in [-0.2, 0) is 13.1 Å². The van der Waals surface area contributed by atoms with Gasteiger partial charge in [0.25, 0.3) is 0 Å². The molecule has 3 nitrogen and oxygen atoms in total. The van der Waals surface area contributed by atoms with E-state index in [2.05, 4.69) is 58.5 Å². The quantitative estimate of drug-likeness (QED) is 0.561. The number of halogens is 2. The van der Waals surface area contributed by atoms with Crippen LogP contribution in [0.15, 0.2) is 46.9 Å². The van der Waals surface area contributed by atoms with Crippen LogP contribution in [0.1, 0.15) is 30.9 Å². The van der Waals surface area contributed by atoms with Crippen LogP contribution >= 0.6 is 28.3 Å². The molecule has 0 amide bonds. The van der Waals surface area contributed by atoms with E-state index in [1.54, 1.807) is 7.11 Å². The number of nitrogens with one attached hydrogen (secondary N) is 1. The lowest BCUT2D eigenvalue weighted by Gasteiger charge is -2.14. The molecule has 0 atom stereocenters. The largest absolute Gasteiger partial charge is 0.493 e. The molecule has 0 fully saturated rings. The predicted octanol–water partition coefficient (Wildman–Crippen LogP) is 5.35. The van der Waals surface area contributed by atoms with Crippen LogP contribution < -0.4 is 14.8 Å². The average molecular weight is 415 g/mol. The molecule has 0 aromatic heterocycles. The molecule has 1 N–H and O–H groups in total. The minimum atomic E-state index is 0. The maximum absolute atomic E-state index is 5.84. The molecular weight excluding hydrogens is 390 g/mol. The maximum Gasteiger partial charge on any atom is 0.175 e. The van der Waals surface area contributed by atoms with Crippen LogP contribution in [0.5, 0.6) is 11.5 Å². The van der Waals surface area contributed by atoms with E-state index in [1.807, 2.05) is 12.1 Å². The Morgan fingerprint density at radius 3 is 2.42 bits per heavy atom. The van der Waals surface area contributed by atoms with Gasteiger partial charge in [-0.2, -0.15) is 0 Å². The zero-order chi connectivity index (χ0) is 16.5. The molecule has 0 spiro atoms. The molecule has 0 aliphatic rings. The molecule has 0 saturated carbocycles. The van der Waals surface area contributed by atoms with Crippen molar-refractivity contribution in [2.45, 2.75) is 32.9 Å². The molecule has 5 heteroatoms. The van der Waals surface area contributed by atoms with Crippen molar-refractivity contribution in [1.82, 2.24) is 5.32 Å². The number of hydrogen-bond acceptors (Lipinski definition) is 3. The van der Waals surface area contributed by atoms with Crippen molar-refractivity contribution >= 4 is 28.3 Å². The molecular formula is C19H25BrClNO2. The lowest BCUT2D eigenvalue weighted by Crippen LogP contribution is -2.13. The highest BCUT2D eigenvalue weighted by molar-refractivity contribution is 9.10. The highest BCUT2D eigenvalue weighted by atomic mass is 79.9. The molecule has 0 radical (unpaired) electrons. The minimum absolute atomic E-state index is 0. The molecule has 0 bridgehead atoms. The summed E-state index contributed by atoms with van der Waals surface area (Å²) >= 11 is 3.59. The van der Waals surface area contributed by atoms with Crippen LogP contribution in [0.2, 0.25) is 0 Å². The Kier molecular flexibility index (Phi) is 9.84. The third kappa shape index (κ3) is 6.34. The van der Waals surface area contributed by atoms with Gasteiger partial charge in [-0.25, -0.2) is 0 Å². The van der Waals surface area contributed by atoms with Gasteiger partial charge in [0.1, 0.15) is 0 Å². The summed E-state index contributed by atoms with van der Waals surface area (Å²) in [5.41, 5.74) is 2.44. The fourth-order valence-corrected chi connectivity index (χ4v) is 2.88. The van der Waals surface area contributed by atoms with Crippen LogP contribution in [0.4, 0.5) is 0 Å². The first-order valence-corrected chi connectivity index (χ1v) is 8.77. The smallest absolute Gasteiger partial charge is 0.175 e. The van der Waals surface area contributed by atoms with Gasteiger partial charge in [-0.05, 0) is 45.6 Å². The predicted molar refractivity (Wildman–Crippen MR) is 105 cm³/mol. The summed E-state index contributed by atoms with van der Waals surface area (Å²) in [5.74, 6) is 1.56. The molecule has 24 heavy (non-hydrogen) atoms. The second kappa shape index (κ2) is 11.3. The molecule has 0 saturated heterocycles. The zero-order valence-electron chi connectivity index (χ0n) is 14.2. The summed E-state index contributed by atoms with van der Waals surface area (Å²) < 4.78 is 12.2. The molecule has 2 rings (SSSR count). The van der Waals surface area contributed by atoms with Crippen molar-refractivity contribution in [3.63, 3.8) is 0 Å². The van der Waals surface area contributed by atoms with Gasteiger partial charge in [0, 0.05) is 13.1 Å². The molecule has 0 unspecified atom stereocenters. The highest BCUT2D eigenvalue weighted by Crippen LogP contribution is 2.36. The van der Waals surface area contributed by atoms with Gasteiger partial charge >= 0.3 is 0 Å². The molecule has 0 heterocycles. The Labute approximate surface area is 159 Å². The maximum atomic E-state index is 5.84. The van der Waals surface area contributed by atoms with Gasteiger partial charge in [0.05, 0.1) is 18.2 Å². The molecule has 0 aliphatic heterocycles. The Bertz CT molecular complexity index is 608. The first-order valence-electron chi connectivity index (χ1n) is 7.98. The summed E-state index contributed by atoms with van der Waals surface area (Å²) in [6.07, 6.45) is 2.15. The van der Waals surface area contributed by atoms with Crippen LogP contribution in [0.3, 0.4) is 0 Å². The van der Waals surface area contributed by atoms with Gasteiger partial charge in [-0.3, -0.25) is 0 Å². The topological polar surface area (TPSA) is 30.5 Å². The molecule has 0 aliphatic carbocycles. The first-order chi connectivity index (χ1) is 11.2. The summed E-state index contributed by atoms with van der Waals surface area (Å²) in [7, 11) is 1.68. The van der Waals surface area contributed by atoms with Crippen molar-refractivity contribution in [3.8, 4) is 11.5 Å². The lowest BCUT2D eigenvalue weighted by atomic mass is 10.2.